The van der Waals surface area contributed by atoms with Crippen LogP contribution < -0.4 is 0 Å². The van der Waals surface area contributed by atoms with Crippen LogP contribution in [-0.2, 0) is 0 Å². The summed E-state index contributed by atoms with van der Waals surface area (Å²) in [4.78, 5) is 2.07. The maximum absolute atomic E-state index is 10.4. The minimum atomic E-state index is -0.768. The number of nitrogens with zero attached hydrogens (tertiary/aromatic N) is 3. The summed E-state index contributed by atoms with van der Waals surface area (Å²) in [5, 5.41) is 18.9. The zero-order valence-electron chi connectivity index (χ0n) is 15.3. The third kappa shape index (κ3) is 4.09. The van der Waals surface area contributed by atoms with Crippen molar-refractivity contribution in [1.29, 1.82) is 0 Å². The normalized spacial score (nSPS) is 12.2. The lowest BCUT2D eigenvalue weighted by molar-refractivity contribution is 0.235. The van der Waals surface area contributed by atoms with Gasteiger partial charge in [-0.1, -0.05) is 56.7 Å². The zero-order valence-corrected chi connectivity index (χ0v) is 16.1. The summed E-state index contributed by atoms with van der Waals surface area (Å²) in [6, 6.07) is 11.9. The van der Waals surface area contributed by atoms with Crippen molar-refractivity contribution in [1.82, 2.24) is 14.6 Å². The molecule has 2 heterocycles. The second kappa shape index (κ2) is 8.39. The number of aliphatic hydroxyl groups is 1. The highest BCUT2D eigenvalue weighted by Gasteiger charge is 2.13. The van der Waals surface area contributed by atoms with E-state index in [2.05, 4.69) is 49.0 Å². The van der Waals surface area contributed by atoms with Gasteiger partial charge in [0.05, 0.1) is 0 Å². The van der Waals surface area contributed by atoms with Crippen molar-refractivity contribution in [3.05, 3.63) is 54.0 Å². The number of fused-ring (bicyclic) bond motifs is 1. The van der Waals surface area contributed by atoms with Crippen molar-refractivity contribution in [3.63, 3.8) is 0 Å². The Hall–Kier alpha value is -2.29. The topological polar surface area (TPSA) is 50.4 Å². The summed E-state index contributed by atoms with van der Waals surface area (Å²) in [5.74, 6) is 7.22. The molecule has 26 heavy (non-hydrogen) atoms. The van der Waals surface area contributed by atoms with Gasteiger partial charge in [-0.05, 0) is 24.6 Å². The Bertz CT molecular complexity index is 953. The molecule has 0 aliphatic heterocycles. The van der Waals surface area contributed by atoms with E-state index in [-0.39, 0.29) is 0 Å². The van der Waals surface area contributed by atoms with Crippen LogP contribution in [0.4, 0.5) is 0 Å². The highest BCUT2D eigenvalue weighted by atomic mass is 32.2. The molecule has 1 atom stereocenters. The molecule has 2 aromatic heterocycles. The summed E-state index contributed by atoms with van der Waals surface area (Å²) in [7, 11) is 0. The van der Waals surface area contributed by atoms with Crippen LogP contribution in [0.2, 0.25) is 0 Å². The van der Waals surface area contributed by atoms with Gasteiger partial charge in [-0.3, -0.25) is 4.40 Å². The number of hydrogen-bond acceptors (Lipinski definition) is 4. The van der Waals surface area contributed by atoms with Gasteiger partial charge in [0.1, 0.15) is 11.9 Å². The molecule has 0 amide bonds. The van der Waals surface area contributed by atoms with Crippen molar-refractivity contribution in [2.24, 2.45) is 0 Å². The van der Waals surface area contributed by atoms with E-state index in [0.29, 0.717) is 5.92 Å². The number of unbranched alkanes of at least 4 members (excludes halogenated alkanes) is 1. The molecular formula is C21H23N3OS. The second-order valence-corrected chi connectivity index (χ2v) is 7.53. The molecule has 134 valence electrons. The number of rotatable bonds is 5. The SMILES string of the molecule is CCCC#CC(O)c1ccccc1Sc1ccc2nnc(C(C)C)n2c1. The van der Waals surface area contributed by atoms with Gasteiger partial charge in [0.25, 0.3) is 0 Å². The van der Waals surface area contributed by atoms with Crippen LogP contribution in [-0.4, -0.2) is 19.7 Å². The van der Waals surface area contributed by atoms with Gasteiger partial charge in [0.15, 0.2) is 5.65 Å². The standard InChI is InChI=1S/C21H23N3OS/c1-4-5-6-10-18(25)17-9-7-8-11-19(17)26-16-12-13-20-22-23-21(15(2)3)24(20)14-16/h7-9,11-15,18,25H,4-5H2,1-3H3. The molecule has 3 rings (SSSR count). The van der Waals surface area contributed by atoms with Crippen LogP contribution in [0.15, 0.2) is 52.4 Å². The molecule has 0 radical (unpaired) electrons. The van der Waals surface area contributed by atoms with Crippen molar-refractivity contribution < 1.29 is 5.11 Å². The average molecular weight is 366 g/mol. The van der Waals surface area contributed by atoms with Crippen molar-refractivity contribution >= 4 is 17.4 Å². The predicted molar refractivity (Wildman–Crippen MR) is 105 cm³/mol. The Morgan fingerprint density at radius 3 is 2.73 bits per heavy atom. The van der Waals surface area contributed by atoms with Gasteiger partial charge in [0.2, 0.25) is 0 Å². The molecule has 0 aliphatic carbocycles. The van der Waals surface area contributed by atoms with Crippen molar-refractivity contribution in [2.75, 3.05) is 0 Å². The predicted octanol–water partition coefficient (Wildman–Crippen LogP) is 4.84. The van der Waals surface area contributed by atoms with E-state index in [0.717, 1.165) is 39.7 Å². The first kappa shape index (κ1) is 18.5. The summed E-state index contributed by atoms with van der Waals surface area (Å²) in [6.45, 7) is 6.30. The van der Waals surface area contributed by atoms with Crippen LogP contribution in [0.5, 0.6) is 0 Å². The second-order valence-electron chi connectivity index (χ2n) is 6.42. The van der Waals surface area contributed by atoms with E-state index in [9.17, 15) is 5.11 Å². The summed E-state index contributed by atoms with van der Waals surface area (Å²) in [5.41, 5.74) is 1.69. The number of aliphatic hydroxyl groups excluding tert-OH is 1. The fourth-order valence-corrected chi connectivity index (χ4v) is 3.63. The van der Waals surface area contributed by atoms with Crippen molar-refractivity contribution in [3.8, 4) is 11.8 Å². The number of benzene rings is 1. The molecule has 1 aromatic carbocycles. The van der Waals surface area contributed by atoms with Gasteiger partial charge in [-0.25, -0.2) is 0 Å². The van der Waals surface area contributed by atoms with Crippen LogP contribution in [0.3, 0.4) is 0 Å². The van der Waals surface area contributed by atoms with Gasteiger partial charge < -0.3 is 5.11 Å². The van der Waals surface area contributed by atoms with E-state index in [4.69, 9.17) is 0 Å². The molecule has 0 bridgehead atoms. The first-order chi connectivity index (χ1) is 12.6. The van der Waals surface area contributed by atoms with Gasteiger partial charge >= 0.3 is 0 Å². The lowest BCUT2D eigenvalue weighted by Crippen LogP contribution is -1.98. The lowest BCUT2D eigenvalue weighted by atomic mass is 10.1. The highest BCUT2D eigenvalue weighted by Crippen LogP contribution is 2.33. The third-order valence-corrected chi connectivity index (χ3v) is 5.04. The molecule has 0 aliphatic rings. The monoisotopic (exact) mass is 365 g/mol. The zero-order chi connectivity index (χ0) is 18.5. The number of pyridine rings is 1. The van der Waals surface area contributed by atoms with Gasteiger partial charge in [-0.2, -0.15) is 0 Å². The Kier molecular flexibility index (Phi) is 5.97. The van der Waals surface area contributed by atoms with E-state index in [1.54, 1.807) is 11.8 Å². The Labute approximate surface area is 158 Å². The maximum Gasteiger partial charge on any atom is 0.160 e. The Morgan fingerprint density at radius 1 is 1.15 bits per heavy atom. The fraction of sp³-hybridized carbons (Fsp3) is 0.333. The van der Waals surface area contributed by atoms with Crippen molar-refractivity contribution in [2.45, 2.75) is 55.4 Å². The van der Waals surface area contributed by atoms with Gasteiger partial charge in [0, 0.05) is 33.9 Å². The molecule has 0 saturated carbocycles. The average Bonchev–Trinajstić information content (AvgIpc) is 3.06. The van der Waals surface area contributed by atoms with E-state index in [1.807, 2.05) is 40.8 Å². The highest BCUT2D eigenvalue weighted by molar-refractivity contribution is 7.99. The molecule has 0 spiro atoms. The van der Waals surface area contributed by atoms with E-state index >= 15 is 0 Å². The molecular weight excluding hydrogens is 342 g/mol. The first-order valence-corrected chi connectivity index (χ1v) is 9.69. The van der Waals surface area contributed by atoms with Crippen LogP contribution in [0.25, 0.3) is 5.65 Å². The third-order valence-electron chi connectivity index (χ3n) is 3.97. The number of hydrogen-bond donors (Lipinski definition) is 1. The first-order valence-electron chi connectivity index (χ1n) is 8.88. The molecule has 0 saturated heterocycles. The molecule has 4 nitrogen and oxygen atoms in total. The largest absolute Gasteiger partial charge is 0.376 e. The number of aromatic nitrogens is 3. The summed E-state index contributed by atoms with van der Waals surface area (Å²) >= 11 is 1.62. The molecule has 1 N–H and O–H groups in total. The fourth-order valence-electron chi connectivity index (χ4n) is 2.64. The van der Waals surface area contributed by atoms with E-state index < -0.39 is 6.10 Å². The molecule has 0 fully saturated rings. The Balaban J connectivity index is 1.91. The minimum absolute atomic E-state index is 0.299. The smallest absolute Gasteiger partial charge is 0.160 e. The van der Waals surface area contributed by atoms with Gasteiger partial charge in [-0.15, -0.1) is 16.1 Å². The maximum atomic E-state index is 10.4. The quantitative estimate of drug-likeness (QED) is 0.657. The summed E-state index contributed by atoms with van der Waals surface area (Å²) in [6.07, 6.45) is 3.08. The van der Waals surface area contributed by atoms with Crippen LogP contribution in [0.1, 0.15) is 57.0 Å². The minimum Gasteiger partial charge on any atom is -0.376 e. The Morgan fingerprint density at radius 2 is 1.96 bits per heavy atom. The van der Waals surface area contributed by atoms with Crippen LogP contribution in [0, 0.1) is 11.8 Å². The molecule has 3 aromatic rings. The summed E-state index contributed by atoms with van der Waals surface area (Å²) < 4.78 is 2.03. The lowest BCUT2D eigenvalue weighted by Gasteiger charge is -2.11. The van der Waals surface area contributed by atoms with Crippen LogP contribution >= 0.6 is 11.8 Å². The van der Waals surface area contributed by atoms with E-state index in [1.165, 1.54) is 0 Å². The molecule has 1 unspecified atom stereocenters. The molecule has 5 heteroatoms.